The highest BCUT2D eigenvalue weighted by Crippen LogP contribution is 2.32. The lowest BCUT2D eigenvalue weighted by Gasteiger charge is -2.22. The summed E-state index contributed by atoms with van der Waals surface area (Å²) >= 11 is 3.63. The number of halogens is 1. The van der Waals surface area contributed by atoms with Crippen LogP contribution in [0, 0.1) is 0 Å². The first-order valence-electron chi connectivity index (χ1n) is 6.71. The third-order valence-electron chi connectivity index (χ3n) is 2.73. The molecule has 0 radical (unpaired) electrons. The molecule has 0 spiro atoms. The van der Waals surface area contributed by atoms with Gasteiger partial charge in [0.1, 0.15) is 11.6 Å². The van der Waals surface area contributed by atoms with Gasteiger partial charge in [0.05, 0.1) is 10.2 Å². The zero-order valence-corrected chi connectivity index (χ0v) is 14.4. The molecule has 0 bridgehead atoms. The molecule has 1 aromatic heterocycles. The topological polar surface area (TPSA) is 41.1 Å². The van der Waals surface area contributed by atoms with Crippen LogP contribution in [0.5, 0.6) is 0 Å². The molecule has 19 heavy (non-hydrogen) atoms. The summed E-state index contributed by atoms with van der Waals surface area (Å²) in [6, 6.07) is 0. The van der Waals surface area contributed by atoms with E-state index in [4.69, 9.17) is 4.98 Å². The SMILES string of the molecule is CCNc1nc(CCN(C)C)nc(C(C)(C)C)c1Br. The van der Waals surface area contributed by atoms with Crippen LogP contribution in [0.2, 0.25) is 0 Å². The number of anilines is 1. The standard InChI is InChI=1S/C14H25BrN4/c1-7-16-13-11(15)12(14(2,3)4)17-10(18-13)8-9-19(5)6/h7-9H2,1-6H3,(H,16,17,18). The van der Waals surface area contributed by atoms with Crippen LogP contribution in [0.25, 0.3) is 0 Å². The van der Waals surface area contributed by atoms with E-state index in [2.05, 4.69) is 72.9 Å². The number of nitrogens with zero attached hydrogens (tertiary/aromatic N) is 3. The van der Waals surface area contributed by atoms with Crippen LogP contribution in [0.1, 0.15) is 39.2 Å². The summed E-state index contributed by atoms with van der Waals surface area (Å²) < 4.78 is 0.982. The van der Waals surface area contributed by atoms with Crippen molar-refractivity contribution < 1.29 is 0 Å². The summed E-state index contributed by atoms with van der Waals surface area (Å²) in [5, 5.41) is 3.30. The van der Waals surface area contributed by atoms with Gasteiger partial charge in [0, 0.05) is 24.9 Å². The average Bonchev–Trinajstić information content (AvgIpc) is 2.28. The van der Waals surface area contributed by atoms with E-state index in [0.29, 0.717) is 0 Å². The van der Waals surface area contributed by atoms with Crippen LogP contribution in [-0.4, -0.2) is 42.1 Å². The fourth-order valence-electron chi connectivity index (χ4n) is 1.71. The average molecular weight is 329 g/mol. The third-order valence-corrected chi connectivity index (χ3v) is 3.49. The van der Waals surface area contributed by atoms with Gasteiger partial charge in [0.25, 0.3) is 0 Å². The Morgan fingerprint density at radius 3 is 2.32 bits per heavy atom. The number of hydrogen-bond acceptors (Lipinski definition) is 4. The quantitative estimate of drug-likeness (QED) is 0.901. The maximum absolute atomic E-state index is 4.73. The molecule has 0 saturated heterocycles. The first-order chi connectivity index (χ1) is 8.75. The Bertz CT molecular complexity index is 424. The van der Waals surface area contributed by atoms with Gasteiger partial charge in [-0.2, -0.15) is 0 Å². The number of hydrogen-bond donors (Lipinski definition) is 1. The van der Waals surface area contributed by atoms with Crippen LogP contribution in [-0.2, 0) is 11.8 Å². The Hall–Kier alpha value is -0.680. The molecule has 0 saturated carbocycles. The highest BCUT2D eigenvalue weighted by molar-refractivity contribution is 9.10. The molecule has 108 valence electrons. The zero-order valence-electron chi connectivity index (χ0n) is 12.8. The summed E-state index contributed by atoms with van der Waals surface area (Å²) in [5.74, 6) is 1.80. The van der Waals surface area contributed by atoms with Crippen molar-refractivity contribution in [1.29, 1.82) is 0 Å². The van der Waals surface area contributed by atoms with Gasteiger partial charge in [-0.15, -0.1) is 0 Å². The Kier molecular flexibility index (Phi) is 5.74. The second-order valence-electron chi connectivity index (χ2n) is 5.98. The van der Waals surface area contributed by atoms with Crippen molar-refractivity contribution in [2.24, 2.45) is 0 Å². The van der Waals surface area contributed by atoms with E-state index in [1.807, 2.05) is 0 Å². The van der Waals surface area contributed by atoms with E-state index in [1.165, 1.54) is 0 Å². The van der Waals surface area contributed by atoms with Crippen LogP contribution in [0.15, 0.2) is 4.47 Å². The van der Waals surface area contributed by atoms with Crippen molar-refractivity contribution in [2.75, 3.05) is 32.5 Å². The molecule has 1 heterocycles. The first kappa shape index (κ1) is 16.4. The molecule has 0 aromatic carbocycles. The summed E-state index contributed by atoms with van der Waals surface area (Å²) in [4.78, 5) is 11.5. The van der Waals surface area contributed by atoms with Crippen molar-refractivity contribution in [2.45, 2.75) is 39.5 Å². The zero-order chi connectivity index (χ0) is 14.6. The summed E-state index contributed by atoms with van der Waals surface area (Å²) in [5.41, 5.74) is 1.06. The fraction of sp³-hybridized carbons (Fsp3) is 0.714. The summed E-state index contributed by atoms with van der Waals surface area (Å²) in [6.45, 7) is 10.4. The lowest BCUT2D eigenvalue weighted by atomic mass is 9.92. The Morgan fingerprint density at radius 1 is 1.21 bits per heavy atom. The fourth-order valence-corrected chi connectivity index (χ4v) is 2.62. The highest BCUT2D eigenvalue weighted by atomic mass is 79.9. The predicted octanol–water partition coefficient (Wildman–Crippen LogP) is 3.07. The maximum atomic E-state index is 4.73. The minimum atomic E-state index is -0.00118. The molecule has 0 amide bonds. The summed E-state index contributed by atoms with van der Waals surface area (Å²) in [6.07, 6.45) is 0.863. The lowest BCUT2D eigenvalue weighted by Crippen LogP contribution is -2.21. The molecule has 0 aliphatic carbocycles. The summed E-state index contributed by atoms with van der Waals surface area (Å²) in [7, 11) is 4.13. The van der Waals surface area contributed by atoms with Crippen molar-refractivity contribution in [3.8, 4) is 0 Å². The van der Waals surface area contributed by atoms with E-state index >= 15 is 0 Å². The van der Waals surface area contributed by atoms with Gasteiger partial charge in [-0.1, -0.05) is 20.8 Å². The molecule has 0 aliphatic heterocycles. The normalized spacial score (nSPS) is 12.0. The molecule has 0 fully saturated rings. The van der Waals surface area contributed by atoms with Gasteiger partial charge in [0.15, 0.2) is 0 Å². The van der Waals surface area contributed by atoms with Crippen LogP contribution in [0.3, 0.4) is 0 Å². The monoisotopic (exact) mass is 328 g/mol. The Morgan fingerprint density at radius 2 is 1.84 bits per heavy atom. The number of aromatic nitrogens is 2. The van der Waals surface area contributed by atoms with Crippen molar-refractivity contribution in [3.63, 3.8) is 0 Å². The number of rotatable bonds is 5. The maximum Gasteiger partial charge on any atom is 0.144 e. The molecule has 0 unspecified atom stereocenters. The van der Waals surface area contributed by atoms with Crippen molar-refractivity contribution >= 4 is 21.7 Å². The molecular weight excluding hydrogens is 304 g/mol. The molecule has 1 N–H and O–H groups in total. The molecule has 5 heteroatoms. The van der Waals surface area contributed by atoms with E-state index in [1.54, 1.807) is 0 Å². The largest absolute Gasteiger partial charge is 0.369 e. The van der Waals surface area contributed by atoms with Crippen LogP contribution < -0.4 is 5.32 Å². The highest BCUT2D eigenvalue weighted by Gasteiger charge is 2.23. The number of nitrogens with one attached hydrogen (secondary N) is 1. The minimum Gasteiger partial charge on any atom is -0.369 e. The molecule has 0 aliphatic rings. The lowest BCUT2D eigenvalue weighted by molar-refractivity contribution is 0.408. The smallest absolute Gasteiger partial charge is 0.144 e. The van der Waals surface area contributed by atoms with E-state index < -0.39 is 0 Å². The van der Waals surface area contributed by atoms with Gasteiger partial charge in [-0.05, 0) is 36.9 Å². The minimum absolute atomic E-state index is 0.00118. The Balaban J connectivity index is 3.15. The van der Waals surface area contributed by atoms with E-state index in [0.717, 1.165) is 41.3 Å². The predicted molar refractivity (Wildman–Crippen MR) is 84.9 cm³/mol. The Labute approximate surface area is 125 Å². The van der Waals surface area contributed by atoms with Gasteiger partial charge < -0.3 is 10.2 Å². The van der Waals surface area contributed by atoms with Gasteiger partial charge in [-0.25, -0.2) is 9.97 Å². The van der Waals surface area contributed by atoms with Crippen molar-refractivity contribution in [1.82, 2.24) is 14.9 Å². The molecule has 1 rings (SSSR count). The van der Waals surface area contributed by atoms with E-state index in [9.17, 15) is 0 Å². The first-order valence-corrected chi connectivity index (χ1v) is 7.50. The van der Waals surface area contributed by atoms with Gasteiger partial charge in [-0.3, -0.25) is 0 Å². The molecular formula is C14H25BrN4. The van der Waals surface area contributed by atoms with Crippen LogP contribution in [0.4, 0.5) is 5.82 Å². The third kappa shape index (κ3) is 4.73. The van der Waals surface area contributed by atoms with Gasteiger partial charge >= 0.3 is 0 Å². The molecule has 4 nitrogen and oxygen atoms in total. The molecule has 1 aromatic rings. The van der Waals surface area contributed by atoms with Crippen LogP contribution >= 0.6 is 15.9 Å². The second-order valence-corrected chi connectivity index (χ2v) is 6.78. The number of likely N-dealkylation sites (N-methyl/N-ethyl adjacent to an activating group) is 1. The molecule has 0 atom stereocenters. The van der Waals surface area contributed by atoms with Crippen molar-refractivity contribution in [3.05, 3.63) is 16.0 Å². The van der Waals surface area contributed by atoms with E-state index in [-0.39, 0.29) is 5.41 Å². The second kappa shape index (κ2) is 6.66. The van der Waals surface area contributed by atoms with Gasteiger partial charge in [0.2, 0.25) is 0 Å².